The Kier molecular flexibility index (Phi) is 8.00. The van der Waals surface area contributed by atoms with Crippen LogP contribution in [-0.2, 0) is 17.4 Å². The Morgan fingerprint density at radius 2 is 1.86 bits per heavy atom. The monoisotopic (exact) mass is 512 g/mol. The molecule has 1 aromatic carbocycles. The molecule has 1 N–H and O–H groups in total. The van der Waals surface area contributed by atoms with Crippen LogP contribution in [0.4, 0.5) is 30.4 Å². The molecule has 4 rings (SSSR count). The van der Waals surface area contributed by atoms with Crippen LogP contribution in [0.3, 0.4) is 0 Å². The second kappa shape index (κ2) is 11.4. The molecule has 0 unspecified atom stereocenters. The number of hydrogen-bond acceptors (Lipinski definition) is 6. The first-order valence-corrected chi connectivity index (χ1v) is 12.0. The van der Waals surface area contributed by atoms with Crippen LogP contribution < -0.4 is 15.1 Å². The molecule has 0 bridgehead atoms. The van der Waals surface area contributed by atoms with Crippen LogP contribution in [0.2, 0.25) is 0 Å². The Bertz CT molecular complexity index is 1210. The number of carbonyl (C=O) groups excluding carboxylic acids is 2. The van der Waals surface area contributed by atoms with Crippen molar-refractivity contribution in [3.63, 3.8) is 0 Å². The summed E-state index contributed by atoms with van der Waals surface area (Å²) in [5, 5.41) is 2.70. The van der Waals surface area contributed by atoms with E-state index in [4.69, 9.17) is 0 Å². The van der Waals surface area contributed by atoms with E-state index >= 15 is 0 Å². The van der Waals surface area contributed by atoms with Gasteiger partial charge in [0.1, 0.15) is 11.4 Å². The average Bonchev–Trinajstić information content (AvgIpc) is 2.90. The van der Waals surface area contributed by atoms with Crippen LogP contribution in [0.5, 0.6) is 0 Å². The van der Waals surface area contributed by atoms with E-state index in [9.17, 15) is 22.8 Å². The van der Waals surface area contributed by atoms with Gasteiger partial charge in [0, 0.05) is 55.5 Å². The highest BCUT2D eigenvalue weighted by Gasteiger charge is 2.36. The first-order valence-electron chi connectivity index (χ1n) is 12.0. The predicted molar refractivity (Wildman–Crippen MR) is 133 cm³/mol. The maximum atomic E-state index is 13.3. The van der Waals surface area contributed by atoms with Crippen molar-refractivity contribution in [3.8, 4) is 0 Å². The van der Waals surface area contributed by atoms with Gasteiger partial charge in [0.25, 0.3) is 5.91 Å². The Hall–Kier alpha value is -4.02. The molecular weight excluding hydrogens is 485 g/mol. The van der Waals surface area contributed by atoms with Gasteiger partial charge in [-0.1, -0.05) is 13.0 Å². The SMILES string of the molecule is CC1CCN(c2nc(C(F)(F)F)ncc2C(=O)Nc2ccc(N(C=O)CCc3ccccn3)cc2)CC1. The first kappa shape index (κ1) is 26.1. The number of hydrogen-bond donors (Lipinski definition) is 1. The molecule has 0 saturated carbocycles. The molecule has 0 radical (unpaired) electrons. The first-order chi connectivity index (χ1) is 17.7. The highest BCUT2D eigenvalue weighted by atomic mass is 19.4. The second-order valence-electron chi connectivity index (χ2n) is 8.97. The normalized spacial score (nSPS) is 14.3. The van der Waals surface area contributed by atoms with E-state index in [2.05, 4.69) is 27.2 Å². The van der Waals surface area contributed by atoms with Crippen LogP contribution in [0.1, 0.15) is 41.6 Å². The van der Waals surface area contributed by atoms with Gasteiger partial charge in [-0.15, -0.1) is 0 Å². The summed E-state index contributed by atoms with van der Waals surface area (Å²) in [5.41, 5.74) is 1.87. The minimum atomic E-state index is -4.72. The lowest BCUT2D eigenvalue weighted by Gasteiger charge is -2.32. The Morgan fingerprint density at radius 1 is 1.14 bits per heavy atom. The summed E-state index contributed by atoms with van der Waals surface area (Å²) in [7, 11) is 0. The minimum absolute atomic E-state index is 0.0232. The molecule has 3 aromatic rings. The molecule has 37 heavy (non-hydrogen) atoms. The van der Waals surface area contributed by atoms with Crippen molar-refractivity contribution in [1.29, 1.82) is 0 Å². The molecule has 0 spiro atoms. The zero-order chi connectivity index (χ0) is 26.4. The fraction of sp³-hybridized carbons (Fsp3) is 0.346. The molecule has 2 aromatic heterocycles. The molecule has 0 aliphatic carbocycles. The smallest absolute Gasteiger partial charge is 0.356 e. The molecule has 0 atom stereocenters. The standard InChI is InChI=1S/C26H27F3N6O2/c1-18-9-13-34(14-10-18)23-22(16-31-25(33-23)26(27,28)29)24(37)32-20-5-7-21(8-6-20)35(17-36)15-11-19-4-2-3-12-30-19/h2-8,12,16-18H,9-11,13-15H2,1H3,(H,32,37). The highest BCUT2D eigenvalue weighted by molar-refractivity contribution is 6.07. The van der Waals surface area contributed by atoms with Crippen LogP contribution >= 0.6 is 0 Å². The molecule has 3 heterocycles. The van der Waals surface area contributed by atoms with Crippen LogP contribution in [0, 0.1) is 5.92 Å². The molecule has 1 fully saturated rings. The summed E-state index contributed by atoms with van der Waals surface area (Å²) in [6.07, 6.45) is 0.786. The van der Waals surface area contributed by atoms with Gasteiger partial charge in [-0.3, -0.25) is 14.6 Å². The van der Waals surface area contributed by atoms with Crippen molar-refractivity contribution in [3.05, 3.63) is 71.9 Å². The highest BCUT2D eigenvalue weighted by Crippen LogP contribution is 2.31. The zero-order valence-corrected chi connectivity index (χ0v) is 20.3. The Labute approximate surface area is 212 Å². The molecule has 1 aliphatic heterocycles. The van der Waals surface area contributed by atoms with E-state index in [1.54, 1.807) is 35.4 Å². The number of benzene rings is 1. The number of rotatable bonds is 8. The number of nitrogens with zero attached hydrogens (tertiary/aromatic N) is 5. The number of nitrogens with one attached hydrogen (secondary N) is 1. The van der Waals surface area contributed by atoms with E-state index in [1.807, 2.05) is 18.2 Å². The largest absolute Gasteiger partial charge is 0.451 e. The van der Waals surface area contributed by atoms with Gasteiger partial charge in [-0.05, 0) is 55.2 Å². The third-order valence-electron chi connectivity index (χ3n) is 6.27. The molecular formula is C26H27F3N6O2. The van der Waals surface area contributed by atoms with E-state index < -0.39 is 17.9 Å². The molecule has 2 amide bonds. The van der Waals surface area contributed by atoms with E-state index in [0.717, 1.165) is 31.1 Å². The number of alkyl halides is 3. The summed E-state index contributed by atoms with van der Waals surface area (Å²) in [6, 6.07) is 12.2. The molecule has 8 nitrogen and oxygen atoms in total. The lowest BCUT2D eigenvalue weighted by atomic mass is 9.99. The van der Waals surface area contributed by atoms with Crippen LogP contribution in [0.25, 0.3) is 0 Å². The number of amides is 2. The van der Waals surface area contributed by atoms with E-state index in [1.165, 1.54) is 4.90 Å². The van der Waals surface area contributed by atoms with Crippen LogP contribution in [0.15, 0.2) is 54.9 Å². The van der Waals surface area contributed by atoms with Crippen molar-refractivity contribution in [2.45, 2.75) is 32.4 Å². The number of halogens is 3. The van der Waals surface area contributed by atoms with Gasteiger partial charge < -0.3 is 15.1 Å². The number of pyridine rings is 1. The average molecular weight is 513 g/mol. The summed E-state index contributed by atoms with van der Waals surface area (Å²) >= 11 is 0. The molecule has 11 heteroatoms. The van der Waals surface area contributed by atoms with Gasteiger partial charge in [0.05, 0.1) is 0 Å². The van der Waals surface area contributed by atoms with Crippen LogP contribution in [-0.4, -0.2) is 46.9 Å². The summed E-state index contributed by atoms with van der Waals surface area (Å²) in [4.78, 5) is 39.3. The summed E-state index contributed by atoms with van der Waals surface area (Å²) in [6.45, 7) is 3.52. The predicted octanol–water partition coefficient (Wildman–Crippen LogP) is 4.58. The molecule has 1 saturated heterocycles. The van der Waals surface area contributed by atoms with Crippen molar-refractivity contribution in [2.24, 2.45) is 5.92 Å². The maximum absolute atomic E-state index is 13.3. The zero-order valence-electron chi connectivity index (χ0n) is 20.3. The lowest BCUT2D eigenvalue weighted by molar-refractivity contribution is -0.144. The fourth-order valence-corrected chi connectivity index (χ4v) is 4.09. The lowest BCUT2D eigenvalue weighted by Crippen LogP contribution is -2.35. The Morgan fingerprint density at radius 3 is 2.49 bits per heavy atom. The Balaban J connectivity index is 1.48. The van der Waals surface area contributed by atoms with Gasteiger partial charge in [0.2, 0.25) is 12.2 Å². The van der Waals surface area contributed by atoms with Gasteiger partial charge in [-0.2, -0.15) is 13.2 Å². The number of carbonyl (C=O) groups is 2. The second-order valence-corrected chi connectivity index (χ2v) is 8.97. The summed E-state index contributed by atoms with van der Waals surface area (Å²) in [5.74, 6) is -1.46. The fourth-order valence-electron chi connectivity index (χ4n) is 4.09. The van der Waals surface area contributed by atoms with Gasteiger partial charge in [-0.25, -0.2) is 9.97 Å². The van der Waals surface area contributed by atoms with Crippen molar-refractivity contribution in [1.82, 2.24) is 15.0 Å². The van der Waals surface area contributed by atoms with Crippen molar-refractivity contribution >= 4 is 29.5 Å². The topological polar surface area (TPSA) is 91.3 Å². The minimum Gasteiger partial charge on any atom is -0.356 e. The van der Waals surface area contributed by atoms with Gasteiger partial charge >= 0.3 is 6.18 Å². The summed E-state index contributed by atoms with van der Waals surface area (Å²) < 4.78 is 39.9. The number of piperidine rings is 1. The van der Waals surface area contributed by atoms with E-state index in [-0.39, 0.29) is 11.4 Å². The quantitative estimate of drug-likeness (QED) is 0.444. The van der Waals surface area contributed by atoms with Crippen molar-refractivity contribution < 1.29 is 22.8 Å². The number of aromatic nitrogens is 3. The number of anilines is 3. The van der Waals surface area contributed by atoms with E-state index in [0.29, 0.717) is 43.3 Å². The van der Waals surface area contributed by atoms with Gasteiger partial charge in [0.15, 0.2) is 0 Å². The third-order valence-corrected chi connectivity index (χ3v) is 6.27. The third kappa shape index (κ3) is 6.60. The molecule has 1 aliphatic rings. The maximum Gasteiger partial charge on any atom is 0.451 e. The molecule has 194 valence electrons. The van der Waals surface area contributed by atoms with Crippen molar-refractivity contribution in [2.75, 3.05) is 34.8 Å².